The molecule has 2 nitrogen and oxygen atoms in total. The first-order chi connectivity index (χ1) is 6.84. The highest BCUT2D eigenvalue weighted by molar-refractivity contribution is 6.30. The molecule has 0 N–H and O–H groups in total. The van der Waals surface area contributed by atoms with Gasteiger partial charge in [0.2, 0.25) is 0 Å². The van der Waals surface area contributed by atoms with Crippen molar-refractivity contribution in [3.63, 3.8) is 0 Å². The van der Waals surface area contributed by atoms with Crippen molar-refractivity contribution in [2.45, 2.75) is 6.61 Å². The van der Waals surface area contributed by atoms with Crippen LogP contribution in [0, 0.1) is 0 Å². The maximum Gasteiger partial charge on any atom is 0.119 e. The van der Waals surface area contributed by atoms with Crippen molar-refractivity contribution in [1.82, 2.24) is 0 Å². The van der Waals surface area contributed by atoms with Gasteiger partial charge in [-0.25, -0.2) is 0 Å². The molecule has 0 radical (unpaired) electrons. The topological polar surface area (TPSA) is 22.4 Å². The fourth-order valence-corrected chi connectivity index (χ4v) is 1.20. The molecule has 0 bridgehead atoms. The van der Waals surface area contributed by atoms with Gasteiger partial charge in [-0.2, -0.15) is 0 Å². The first-order valence-electron chi connectivity index (χ1n) is 4.24. The van der Waals surface area contributed by atoms with E-state index in [1.165, 1.54) is 0 Å². The summed E-state index contributed by atoms with van der Waals surface area (Å²) in [5.41, 5.74) is 1.01. The second-order valence-electron chi connectivity index (χ2n) is 2.87. The number of hydrogen-bond acceptors (Lipinski definition) is 2. The van der Waals surface area contributed by atoms with E-state index >= 15 is 0 Å². The summed E-state index contributed by atoms with van der Waals surface area (Å²) in [6.45, 7) is 0.512. The zero-order valence-corrected chi connectivity index (χ0v) is 8.20. The summed E-state index contributed by atoms with van der Waals surface area (Å²) in [5.74, 6) is 0.801. The van der Waals surface area contributed by atoms with Gasteiger partial charge in [0.05, 0.1) is 12.5 Å². The molecular formula is C11H9ClO2. The smallest absolute Gasteiger partial charge is 0.119 e. The zero-order chi connectivity index (χ0) is 9.80. The third-order valence-corrected chi connectivity index (χ3v) is 2.05. The average Bonchev–Trinajstić information content (AvgIpc) is 2.70. The summed E-state index contributed by atoms with van der Waals surface area (Å²) < 4.78 is 10.4. The van der Waals surface area contributed by atoms with Crippen LogP contribution in [0.5, 0.6) is 5.75 Å². The number of hydrogen-bond donors (Lipinski definition) is 0. The average molecular weight is 209 g/mol. The monoisotopic (exact) mass is 208 g/mol. The molecule has 2 aromatic rings. The standard InChI is InChI=1S/C11H9ClO2/c12-10-1-3-11(4-2-10)14-8-9-5-6-13-7-9/h1-7H,8H2. The molecule has 2 rings (SSSR count). The second-order valence-corrected chi connectivity index (χ2v) is 3.31. The highest BCUT2D eigenvalue weighted by Gasteiger charge is 1.96. The van der Waals surface area contributed by atoms with Crippen molar-refractivity contribution in [1.29, 1.82) is 0 Å². The first kappa shape index (κ1) is 9.16. The Hall–Kier alpha value is -1.41. The van der Waals surface area contributed by atoms with Crippen LogP contribution in [0.3, 0.4) is 0 Å². The molecule has 0 saturated carbocycles. The normalized spacial score (nSPS) is 10.1. The van der Waals surface area contributed by atoms with Gasteiger partial charge in [-0.1, -0.05) is 11.6 Å². The summed E-state index contributed by atoms with van der Waals surface area (Å²) in [5, 5.41) is 0.709. The van der Waals surface area contributed by atoms with Crippen molar-refractivity contribution >= 4 is 11.6 Å². The van der Waals surface area contributed by atoms with Gasteiger partial charge in [0.25, 0.3) is 0 Å². The summed E-state index contributed by atoms with van der Waals surface area (Å²) in [7, 11) is 0. The maximum absolute atomic E-state index is 5.74. The molecule has 0 aliphatic heterocycles. The fourth-order valence-electron chi connectivity index (χ4n) is 1.07. The Balaban J connectivity index is 1.95. The highest BCUT2D eigenvalue weighted by Crippen LogP contribution is 2.16. The molecule has 0 atom stereocenters. The number of ether oxygens (including phenoxy) is 1. The predicted molar refractivity (Wildman–Crippen MR) is 54.5 cm³/mol. The minimum absolute atomic E-state index is 0.512. The van der Waals surface area contributed by atoms with E-state index in [-0.39, 0.29) is 0 Å². The third kappa shape index (κ3) is 2.30. The van der Waals surface area contributed by atoms with Crippen LogP contribution in [0.1, 0.15) is 5.56 Å². The molecule has 1 heterocycles. The summed E-state index contributed by atoms with van der Waals surface area (Å²) in [4.78, 5) is 0. The van der Waals surface area contributed by atoms with E-state index in [0.29, 0.717) is 11.6 Å². The molecule has 72 valence electrons. The maximum atomic E-state index is 5.74. The Kier molecular flexibility index (Phi) is 2.75. The molecule has 0 aliphatic carbocycles. The van der Waals surface area contributed by atoms with Crippen LogP contribution >= 0.6 is 11.6 Å². The lowest BCUT2D eigenvalue weighted by Gasteiger charge is -2.03. The molecule has 0 unspecified atom stereocenters. The van der Waals surface area contributed by atoms with Gasteiger partial charge in [-0.15, -0.1) is 0 Å². The van der Waals surface area contributed by atoms with Crippen LogP contribution in [-0.4, -0.2) is 0 Å². The van der Waals surface area contributed by atoms with Crippen LogP contribution in [-0.2, 0) is 6.61 Å². The molecule has 14 heavy (non-hydrogen) atoms. The van der Waals surface area contributed by atoms with E-state index in [1.807, 2.05) is 18.2 Å². The Morgan fingerprint density at radius 3 is 2.57 bits per heavy atom. The van der Waals surface area contributed by atoms with Crippen LogP contribution in [0.15, 0.2) is 47.3 Å². The quantitative estimate of drug-likeness (QED) is 0.770. The van der Waals surface area contributed by atoms with Crippen LogP contribution in [0.25, 0.3) is 0 Å². The molecule has 0 aliphatic rings. The lowest BCUT2D eigenvalue weighted by molar-refractivity contribution is 0.305. The molecule has 1 aromatic carbocycles. The van der Waals surface area contributed by atoms with E-state index in [2.05, 4.69) is 0 Å². The highest BCUT2D eigenvalue weighted by atomic mass is 35.5. The van der Waals surface area contributed by atoms with Crippen molar-refractivity contribution in [3.8, 4) is 5.75 Å². The number of rotatable bonds is 3. The van der Waals surface area contributed by atoms with Gasteiger partial charge in [0.1, 0.15) is 12.4 Å². The predicted octanol–water partition coefficient (Wildman–Crippen LogP) is 3.51. The van der Waals surface area contributed by atoms with Gasteiger partial charge < -0.3 is 9.15 Å². The zero-order valence-electron chi connectivity index (χ0n) is 7.44. The van der Waals surface area contributed by atoms with Gasteiger partial charge in [-0.3, -0.25) is 0 Å². The van der Waals surface area contributed by atoms with Gasteiger partial charge in [-0.05, 0) is 30.3 Å². The third-order valence-electron chi connectivity index (χ3n) is 1.80. The van der Waals surface area contributed by atoms with E-state index in [0.717, 1.165) is 11.3 Å². The van der Waals surface area contributed by atoms with Gasteiger partial charge in [0.15, 0.2) is 0 Å². The van der Waals surface area contributed by atoms with E-state index in [1.54, 1.807) is 24.7 Å². The van der Waals surface area contributed by atoms with E-state index < -0.39 is 0 Å². The Morgan fingerprint density at radius 2 is 1.93 bits per heavy atom. The molecular weight excluding hydrogens is 200 g/mol. The van der Waals surface area contributed by atoms with Crippen LogP contribution in [0.4, 0.5) is 0 Å². The van der Waals surface area contributed by atoms with Gasteiger partial charge in [0, 0.05) is 10.6 Å². The molecule has 0 spiro atoms. The minimum Gasteiger partial charge on any atom is -0.489 e. The van der Waals surface area contributed by atoms with Crippen molar-refractivity contribution in [2.75, 3.05) is 0 Å². The lowest BCUT2D eigenvalue weighted by atomic mass is 10.3. The van der Waals surface area contributed by atoms with Crippen LogP contribution in [0.2, 0.25) is 5.02 Å². The van der Waals surface area contributed by atoms with Crippen molar-refractivity contribution < 1.29 is 9.15 Å². The Morgan fingerprint density at radius 1 is 1.14 bits per heavy atom. The summed E-state index contributed by atoms with van der Waals surface area (Å²) in [6.07, 6.45) is 3.29. The number of furan rings is 1. The number of benzene rings is 1. The molecule has 3 heteroatoms. The fraction of sp³-hybridized carbons (Fsp3) is 0.0909. The van der Waals surface area contributed by atoms with Crippen LogP contribution < -0.4 is 4.74 Å². The Bertz CT molecular complexity index is 378. The summed E-state index contributed by atoms with van der Waals surface area (Å²) >= 11 is 5.74. The Labute approximate surface area is 87.1 Å². The van der Waals surface area contributed by atoms with Gasteiger partial charge >= 0.3 is 0 Å². The lowest BCUT2D eigenvalue weighted by Crippen LogP contribution is -1.92. The molecule has 1 aromatic heterocycles. The largest absolute Gasteiger partial charge is 0.489 e. The first-order valence-corrected chi connectivity index (χ1v) is 4.62. The molecule has 0 saturated heterocycles. The van der Waals surface area contributed by atoms with E-state index in [4.69, 9.17) is 20.8 Å². The van der Waals surface area contributed by atoms with E-state index in [9.17, 15) is 0 Å². The number of halogens is 1. The molecule has 0 fully saturated rings. The summed E-state index contributed by atoms with van der Waals surface area (Å²) in [6, 6.07) is 9.14. The second kappa shape index (κ2) is 4.20. The molecule has 0 amide bonds. The van der Waals surface area contributed by atoms with Crippen molar-refractivity contribution in [3.05, 3.63) is 53.4 Å². The minimum atomic E-state index is 0.512. The van der Waals surface area contributed by atoms with Crippen molar-refractivity contribution in [2.24, 2.45) is 0 Å². The SMILES string of the molecule is Clc1ccc(OCc2ccoc2)cc1.